The number of aromatic nitrogens is 2. The van der Waals surface area contributed by atoms with Crippen LogP contribution in [0, 0.1) is 13.8 Å². The van der Waals surface area contributed by atoms with Gasteiger partial charge in [-0.25, -0.2) is 0 Å². The molecule has 0 radical (unpaired) electrons. The zero-order valence-corrected chi connectivity index (χ0v) is 11.7. The monoisotopic (exact) mass is 263 g/mol. The molecule has 2 aromatic rings. The molecule has 18 heavy (non-hydrogen) atoms. The summed E-state index contributed by atoms with van der Waals surface area (Å²) in [5.41, 5.74) is 10.9. The smallest absolute Gasteiger partial charge is 0.0834 e. The summed E-state index contributed by atoms with van der Waals surface area (Å²) in [7, 11) is 1.86. The Labute approximate surface area is 113 Å². The van der Waals surface area contributed by atoms with Gasteiger partial charge in [-0.1, -0.05) is 40.9 Å². The summed E-state index contributed by atoms with van der Waals surface area (Å²) in [6, 6.07) is 6.35. The molecule has 0 saturated carbocycles. The summed E-state index contributed by atoms with van der Waals surface area (Å²) >= 11 is 6.11. The highest BCUT2D eigenvalue weighted by Crippen LogP contribution is 2.24. The van der Waals surface area contributed by atoms with Crippen molar-refractivity contribution in [1.82, 2.24) is 9.78 Å². The Morgan fingerprint density at radius 3 is 2.39 bits per heavy atom. The lowest BCUT2D eigenvalue weighted by molar-refractivity contribution is 0.617. The van der Waals surface area contributed by atoms with E-state index >= 15 is 0 Å². The maximum Gasteiger partial charge on any atom is 0.0834 e. The van der Waals surface area contributed by atoms with E-state index in [4.69, 9.17) is 17.3 Å². The van der Waals surface area contributed by atoms with Crippen molar-refractivity contribution in [2.45, 2.75) is 26.3 Å². The quantitative estimate of drug-likeness (QED) is 0.925. The number of nitrogens with zero attached hydrogens (tertiary/aromatic N) is 2. The van der Waals surface area contributed by atoms with Gasteiger partial charge >= 0.3 is 0 Å². The highest BCUT2D eigenvalue weighted by Gasteiger charge is 2.15. The molecule has 4 heteroatoms. The van der Waals surface area contributed by atoms with E-state index < -0.39 is 0 Å². The molecular formula is C14H18ClN3. The highest BCUT2D eigenvalue weighted by molar-refractivity contribution is 6.31. The van der Waals surface area contributed by atoms with E-state index in [1.807, 2.05) is 7.05 Å². The van der Waals surface area contributed by atoms with Crippen molar-refractivity contribution in [3.8, 4) is 0 Å². The van der Waals surface area contributed by atoms with Crippen molar-refractivity contribution in [1.29, 1.82) is 0 Å². The third-order valence-corrected chi connectivity index (χ3v) is 3.32. The average molecular weight is 264 g/mol. The molecule has 0 aliphatic heterocycles. The molecule has 1 unspecified atom stereocenters. The minimum Gasteiger partial charge on any atom is -0.322 e. The van der Waals surface area contributed by atoms with Crippen LogP contribution in [0.15, 0.2) is 24.4 Å². The van der Waals surface area contributed by atoms with Crippen molar-refractivity contribution < 1.29 is 0 Å². The maximum absolute atomic E-state index is 6.23. The van der Waals surface area contributed by atoms with E-state index in [1.54, 1.807) is 10.9 Å². The number of benzene rings is 1. The van der Waals surface area contributed by atoms with Gasteiger partial charge in [-0.3, -0.25) is 4.68 Å². The fourth-order valence-electron chi connectivity index (χ4n) is 2.37. The van der Waals surface area contributed by atoms with Crippen molar-refractivity contribution in [3.05, 3.63) is 51.8 Å². The van der Waals surface area contributed by atoms with Crippen molar-refractivity contribution in [3.63, 3.8) is 0 Å². The zero-order chi connectivity index (χ0) is 13.3. The molecule has 0 spiro atoms. The number of hydrogen-bond donors (Lipinski definition) is 1. The SMILES string of the molecule is Cc1cc(C)cc(CC(N)c2c(Cl)cnn2C)c1. The third kappa shape index (κ3) is 2.74. The fraction of sp³-hybridized carbons (Fsp3) is 0.357. The minimum absolute atomic E-state index is 0.133. The van der Waals surface area contributed by atoms with Gasteiger partial charge in [0.2, 0.25) is 0 Å². The topological polar surface area (TPSA) is 43.8 Å². The van der Waals surface area contributed by atoms with E-state index in [1.165, 1.54) is 16.7 Å². The molecule has 0 saturated heterocycles. The largest absolute Gasteiger partial charge is 0.322 e. The van der Waals surface area contributed by atoms with Crippen LogP contribution >= 0.6 is 11.6 Å². The first-order chi connectivity index (χ1) is 8.47. The van der Waals surface area contributed by atoms with Crippen molar-refractivity contribution in [2.24, 2.45) is 12.8 Å². The average Bonchev–Trinajstić information content (AvgIpc) is 2.56. The van der Waals surface area contributed by atoms with Gasteiger partial charge in [0.25, 0.3) is 0 Å². The van der Waals surface area contributed by atoms with Gasteiger partial charge in [0.05, 0.1) is 23.0 Å². The first-order valence-corrected chi connectivity index (χ1v) is 6.35. The van der Waals surface area contributed by atoms with Crippen LogP contribution in [0.2, 0.25) is 5.02 Å². The van der Waals surface area contributed by atoms with Gasteiger partial charge < -0.3 is 5.73 Å². The Bertz CT molecular complexity index is 520. The number of nitrogens with two attached hydrogens (primary N) is 1. The number of halogens is 1. The Hall–Kier alpha value is -1.32. The van der Waals surface area contributed by atoms with Gasteiger partial charge in [-0.05, 0) is 25.8 Å². The minimum atomic E-state index is -0.133. The molecule has 0 bridgehead atoms. The molecule has 1 aromatic heterocycles. The first-order valence-electron chi connectivity index (χ1n) is 5.97. The summed E-state index contributed by atoms with van der Waals surface area (Å²) < 4.78 is 1.75. The Kier molecular flexibility index (Phi) is 3.73. The van der Waals surface area contributed by atoms with Gasteiger partial charge in [0.1, 0.15) is 0 Å². The lowest BCUT2D eigenvalue weighted by Gasteiger charge is -2.14. The molecule has 3 nitrogen and oxygen atoms in total. The molecule has 1 atom stereocenters. The van der Waals surface area contributed by atoms with E-state index in [2.05, 4.69) is 37.1 Å². The predicted molar refractivity (Wildman–Crippen MR) is 74.8 cm³/mol. The predicted octanol–water partition coefficient (Wildman–Crippen LogP) is 2.93. The van der Waals surface area contributed by atoms with Gasteiger partial charge in [-0.2, -0.15) is 5.10 Å². The molecule has 2 rings (SSSR count). The van der Waals surface area contributed by atoms with E-state index in [-0.39, 0.29) is 6.04 Å². The van der Waals surface area contributed by atoms with E-state index in [0.29, 0.717) is 5.02 Å². The fourth-order valence-corrected chi connectivity index (χ4v) is 2.68. The highest BCUT2D eigenvalue weighted by atomic mass is 35.5. The van der Waals surface area contributed by atoms with Gasteiger partial charge in [-0.15, -0.1) is 0 Å². The van der Waals surface area contributed by atoms with Gasteiger partial charge in [0.15, 0.2) is 0 Å². The van der Waals surface area contributed by atoms with Crippen LogP contribution in [0.4, 0.5) is 0 Å². The van der Waals surface area contributed by atoms with Gasteiger partial charge in [0, 0.05) is 7.05 Å². The molecule has 1 heterocycles. The van der Waals surface area contributed by atoms with E-state index in [9.17, 15) is 0 Å². The Morgan fingerprint density at radius 2 is 1.89 bits per heavy atom. The van der Waals surface area contributed by atoms with Crippen LogP contribution < -0.4 is 5.73 Å². The Morgan fingerprint density at radius 1 is 1.28 bits per heavy atom. The Balaban J connectivity index is 2.24. The molecule has 96 valence electrons. The number of rotatable bonds is 3. The normalized spacial score (nSPS) is 12.7. The zero-order valence-electron chi connectivity index (χ0n) is 10.9. The summed E-state index contributed by atoms with van der Waals surface area (Å²) in [6.45, 7) is 4.19. The molecule has 2 N–H and O–H groups in total. The summed E-state index contributed by atoms with van der Waals surface area (Å²) in [5, 5.41) is 4.75. The van der Waals surface area contributed by atoms with Crippen molar-refractivity contribution in [2.75, 3.05) is 0 Å². The second-order valence-corrected chi connectivity index (χ2v) is 5.22. The molecule has 0 aliphatic rings. The maximum atomic E-state index is 6.23. The van der Waals surface area contributed by atoms with Crippen molar-refractivity contribution >= 4 is 11.6 Å². The lowest BCUT2D eigenvalue weighted by atomic mass is 10.00. The molecule has 0 amide bonds. The van der Waals surface area contributed by atoms with Crippen LogP contribution in [-0.2, 0) is 13.5 Å². The van der Waals surface area contributed by atoms with Crippen LogP contribution in [0.25, 0.3) is 0 Å². The molecule has 1 aromatic carbocycles. The summed E-state index contributed by atoms with van der Waals surface area (Å²) in [6.07, 6.45) is 2.40. The standard InChI is InChI=1S/C14H18ClN3/c1-9-4-10(2)6-11(5-9)7-13(16)14-12(15)8-17-18(14)3/h4-6,8,13H,7,16H2,1-3H3. The van der Waals surface area contributed by atoms with Crippen LogP contribution in [0.1, 0.15) is 28.4 Å². The van der Waals surface area contributed by atoms with E-state index in [0.717, 1.165) is 12.1 Å². The second kappa shape index (κ2) is 5.12. The number of hydrogen-bond acceptors (Lipinski definition) is 2. The van der Waals surface area contributed by atoms with Crippen LogP contribution in [-0.4, -0.2) is 9.78 Å². The molecule has 0 fully saturated rings. The first kappa shape index (κ1) is 13.1. The third-order valence-electron chi connectivity index (χ3n) is 3.03. The summed E-state index contributed by atoms with van der Waals surface area (Å²) in [4.78, 5) is 0. The molecule has 0 aliphatic carbocycles. The van der Waals surface area contributed by atoms with Crippen LogP contribution in [0.3, 0.4) is 0 Å². The summed E-state index contributed by atoms with van der Waals surface area (Å²) in [5.74, 6) is 0. The second-order valence-electron chi connectivity index (χ2n) is 4.81. The van der Waals surface area contributed by atoms with Crippen LogP contribution in [0.5, 0.6) is 0 Å². The lowest BCUT2D eigenvalue weighted by Crippen LogP contribution is -2.17. The number of aryl methyl sites for hydroxylation is 3. The molecular weight excluding hydrogens is 246 g/mol.